The summed E-state index contributed by atoms with van der Waals surface area (Å²) in [6, 6.07) is 20.0. The van der Waals surface area contributed by atoms with Gasteiger partial charge < -0.3 is 0 Å². The first kappa shape index (κ1) is 15.4. The molecule has 0 unspecified atom stereocenters. The van der Waals surface area contributed by atoms with Gasteiger partial charge in [0.25, 0.3) is 0 Å². The highest BCUT2D eigenvalue weighted by atomic mass is 79.9. The summed E-state index contributed by atoms with van der Waals surface area (Å²) in [6.07, 6.45) is 0. The van der Waals surface area contributed by atoms with E-state index in [0.29, 0.717) is 5.82 Å². The average Bonchev–Trinajstić information content (AvgIpc) is 3.38. The molecule has 0 amide bonds. The summed E-state index contributed by atoms with van der Waals surface area (Å²) in [6.45, 7) is 0. The number of nitrogens with zero attached hydrogens (tertiary/aromatic N) is 5. The zero-order valence-corrected chi connectivity index (χ0v) is 15.7. The minimum absolute atomic E-state index is 0.646. The fourth-order valence-electron chi connectivity index (χ4n) is 2.72. The van der Waals surface area contributed by atoms with Crippen LogP contribution in [0.15, 0.2) is 65.1 Å². The summed E-state index contributed by atoms with van der Waals surface area (Å²) in [5, 5.41) is 21.5. The molecule has 0 radical (unpaired) electrons. The third kappa shape index (κ3) is 2.63. The molecule has 6 nitrogen and oxygen atoms in total. The van der Waals surface area contributed by atoms with Crippen molar-refractivity contribution in [1.29, 1.82) is 0 Å². The molecule has 0 saturated heterocycles. The van der Waals surface area contributed by atoms with E-state index in [0.717, 1.165) is 37.0 Å². The van der Waals surface area contributed by atoms with Gasteiger partial charge in [0.05, 0.1) is 5.69 Å². The summed E-state index contributed by atoms with van der Waals surface area (Å²) in [5.74, 6) is 0.646. The summed E-state index contributed by atoms with van der Waals surface area (Å²) in [4.78, 5) is 0.742. The fourth-order valence-corrected chi connectivity index (χ4v) is 3.95. The molecule has 0 bridgehead atoms. The van der Waals surface area contributed by atoms with Crippen molar-refractivity contribution in [2.24, 2.45) is 0 Å². The van der Waals surface area contributed by atoms with Crippen LogP contribution in [0.3, 0.4) is 0 Å². The third-order valence-electron chi connectivity index (χ3n) is 3.95. The number of fused-ring (bicyclic) bond motifs is 1. The average molecular weight is 423 g/mol. The Hall–Kier alpha value is -2.84. The largest absolute Gasteiger partial charge is 0.274 e. The van der Waals surface area contributed by atoms with Gasteiger partial charge in [0.1, 0.15) is 10.7 Å². The zero-order chi connectivity index (χ0) is 17.5. The first-order valence-corrected chi connectivity index (χ1v) is 9.48. The van der Waals surface area contributed by atoms with Crippen molar-refractivity contribution in [2.75, 3.05) is 0 Å². The van der Waals surface area contributed by atoms with Crippen molar-refractivity contribution in [2.45, 2.75) is 0 Å². The highest BCUT2D eigenvalue weighted by molar-refractivity contribution is 9.10. The normalized spacial score (nSPS) is 11.3. The molecule has 2 aromatic carbocycles. The van der Waals surface area contributed by atoms with Gasteiger partial charge in [-0.15, -0.1) is 10.2 Å². The van der Waals surface area contributed by atoms with E-state index in [-0.39, 0.29) is 0 Å². The first-order valence-electron chi connectivity index (χ1n) is 7.87. The van der Waals surface area contributed by atoms with Gasteiger partial charge in [0.2, 0.25) is 10.8 Å². The Bertz CT molecular complexity index is 1210. The van der Waals surface area contributed by atoms with E-state index in [1.165, 1.54) is 11.3 Å². The Morgan fingerprint density at radius 2 is 1.77 bits per heavy atom. The van der Waals surface area contributed by atoms with Gasteiger partial charge in [-0.05, 0) is 18.2 Å². The van der Waals surface area contributed by atoms with Gasteiger partial charge in [0, 0.05) is 15.6 Å². The maximum absolute atomic E-state index is 4.68. The lowest BCUT2D eigenvalue weighted by Gasteiger charge is -1.96. The van der Waals surface area contributed by atoms with E-state index < -0.39 is 0 Å². The number of rotatable bonds is 3. The minimum atomic E-state index is 0.646. The van der Waals surface area contributed by atoms with Crippen LogP contribution in [-0.2, 0) is 0 Å². The molecule has 5 aromatic rings. The molecule has 0 aliphatic rings. The van der Waals surface area contributed by atoms with E-state index in [2.05, 4.69) is 41.4 Å². The highest BCUT2D eigenvalue weighted by Crippen LogP contribution is 2.30. The van der Waals surface area contributed by atoms with Gasteiger partial charge >= 0.3 is 0 Å². The smallest absolute Gasteiger partial charge is 0.235 e. The lowest BCUT2D eigenvalue weighted by atomic mass is 10.1. The van der Waals surface area contributed by atoms with Gasteiger partial charge in [-0.1, -0.05) is 69.7 Å². The molecule has 0 spiro atoms. The standard InChI is InChI=1S/C18H11BrN6S/c19-13-8-4-7-12(9-13)17-24-25-16(22-23-18(25)26-17)15-10-14(20-21-15)11-5-2-1-3-6-11/h1-10H,(H,20,21). The van der Waals surface area contributed by atoms with Crippen LogP contribution >= 0.6 is 27.3 Å². The predicted molar refractivity (Wildman–Crippen MR) is 105 cm³/mol. The molecule has 0 saturated carbocycles. The van der Waals surface area contributed by atoms with Gasteiger partial charge in [-0.2, -0.15) is 14.7 Å². The summed E-state index contributed by atoms with van der Waals surface area (Å²) in [5.41, 5.74) is 3.72. The Morgan fingerprint density at radius 3 is 2.62 bits per heavy atom. The number of halogens is 1. The monoisotopic (exact) mass is 422 g/mol. The SMILES string of the molecule is Brc1cccc(-c2nn3c(-c4cc(-c5ccccc5)n[nH]4)nnc3s2)c1. The van der Waals surface area contributed by atoms with Crippen molar-refractivity contribution in [3.05, 3.63) is 65.1 Å². The maximum Gasteiger partial charge on any atom is 0.235 e. The number of aromatic nitrogens is 6. The molecule has 0 atom stereocenters. The van der Waals surface area contributed by atoms with E-state index in [1.807, 2.05) is 60.7 Å². The minimum Gasteiger partial charge on any atom is -0.274 e. The molecule has 3 heterocycles. The Labute approximate surface area is 160 Å². The van der Waals surface area contributed by atoms with Gasteiger partial charge in [-0.3, -0.25) is 5.10 Å². The van der Waals surface area contributed by atoms with Gasteiger partial charge in [-0.25, -0.2) is 0 Å². The first-order chi connectivity index (χ1) is 12.8. The third-order valence-corrected chi connectivity index (χ3v) is 5.39. The Morgan fingerprint density at radius 1 is 0.923 bits per heavy atom. The van der Waals surface area contributed by atoms with Crippen LogP contribution in [0.2, 0.25) is 0 Å². The molecule has 1 N–H and O–H groups in total. The molecule has 0 aliphatic carbocycles. The summed E-state index contributed by atoms with van der Waals surface area (Å²) >= 11 is 5.00. The zero-order valence-electron chi connectivity index (χ0n) is 13.3. The van der Waals surface area contributed by atoms with Gasteiger partial charge in [0.15, 0.2) is 0 Å². The number of nitrogens with one attached hydrogen (secondary N) is 1. The molecule has 126 valence electrons. The number of hydrogen-bond donors (Lipinski definition) is 1. The summed E-state index contributed by atoms with van der Waals surface area (Å²) < 4.78 is 2.77. The van der Waals surface area contributed by atoms with Crippen LogP contribution in [-0.4, -0.2) is 30.0 Å². The maximum atomic E-state index is 4.68. The fraction of sp³-hybridized carbons (Fsp3) is 0. The van der Waals surface area contributed by atoms with E-state index in [1.54, 1.807) is 4.52 Å². The van der Waals surface area contributed by atoms with Crippen molar-refractivity contribution >= 4 is 32.2 Å². The van der Waals surface area contributed by atoms with Crippen LogP contribution in [0.1, 0.15) is 0 Å². The van der Waals surface area contributed by atoms with Crippen LogP contribution in [0.4, 0.5) is 0 Å². The molecule has 26 heavy (non-hydrogen) atoms. The summed E-state index contributed by atoms with van der Waals surface area (Å²) in [7, 11) is 0. The highest BCUT2D eigenvalue weighted by Gasteiger charge is 2.16. The molecule has 3 aromatic heterocycles. The number of aromatic amines is 1. The molecule has 0 aliphatic heterocycles. The molecule has 5 rings (SSSR count). The lowest BCUT2D eigenvalue weighted by molar-refractivity contribution is 0.954. The second-order valence-corrected chi connectivity index (χ2v) is 7.54. The quantitative estimate of drug-likeness (QED) is 0.458. The molecular formula is C18H11BrN6S. The predicted octanol–water partition coefficient (Wildman–Crippen LogP) is 4.67. The van der Waals surface area contributed by atoms with Crippen molar-refractivity contribution in [3.63, 3.8) is 0 Å². The van der Waals surface area contributed by atoms with Crippen LogP contribution < -0.4 is 0 Å². The number of benzene rings is 2. The Balaban J connectivity index is 1.57. The second-order valence-electron chi connectivity index (χ2n) is 5.67. The van der Waals surface area contributed by atoms with Crippen LogP contribution in [0.5, 0.6) is 0 Å². The number of hydrogen-bond acceptors (Lipinski definition) is 5. The van der Waals surface area contributed by atoms with Crippen molar-refractivity contribution in [1.82, 2.24) is 30.0 Å². The second kappa shape index (κ2) is 6.15. The van der Waals surface area contributed by atoms with E-state index >= 15 is 0 Å². The van der Waals surface area contributed by atoms with Crippen LogP contribution in [0.25, 0.3) is 38.3 Å². The Kier molecular flexibility index (Phi) is 3.65. The lowest BCUT2D eigenvalue weighted by Crippen LogP contribution is -1.91. The molecule has 8 heteroatoms. The molecule has 0 fully saturated rings. The topological polar surface area (TPSA) is 71.8 Å². The van der Waals surface area contributed by atoms with Crippen molar-refractivity contribution in [3.8, 4) is 33.3 Å². The van der Waals surface area contributed by atoms with Crippen LogP contribution in [0, 0.1) is 0 Å². The van der Waals surface area contributed by atoms with E-state index in [4.69, 9.17) is 0 Å². The number of H-pyrrole nitrogens is 1. The van der Waals surface area contributed by atoms with Crippen molar-refractivity contribution < 1.29 is 0 Å². The van der Waals surface area contributed by atoms with E-state index in [9.17, 15) is 0 Å². The molecular weight excluding hydrogens is 412 g/mol.